The fourth-order valence-corrected chi connectivity index (χ4v) is 5.64. The molecule has 6 heteroatoms. The van der Waals surface area contributed by atoms with Crippen molar-refractivity contribution in [3.63, 3.8) is 0 Å². The van der Waals surface area contributed by atoms with Gasteiger partial charge < -0.3 is 14.4 Å². The predicted octanol–water partition coefficient (Wildman–Crippen LogP) is 4.23. The van der Waals surface area contributed by atoms with E-state index < -0.39 is 0 Å². The van der Waals surface area contributed by atoms with Crippen molar-refractivity contribution in [2.75, 3.05) is 44.2 Å². The van der Waals surface area contributed by atoms with Gasteiger partial charge in [0.15, 0.2) is 0 Å². The Morgan fingerprint density at radius 1 is 0.941 bits per heavy atom. The number of imidazole rings is 1. The number of piperidine rings is 1. The molecular formula is C28H37N5O. The van der Waals surface area contributed by atoms with Gasteiger partial charge in [-0.2, -0.15) is 0 Å². The quantitative estimate of drug-likeness (QED) is 0.573. The van der Waals surface area contributed by atoms with Crippen molar-refractivity contribution < 1.29 is 4.79 Å². The summed E-state index contributed by atoms with van der Waals surface area (Å²) in [5.41, 5.74) is 6.29. The highest BCUT2D eigenvalue weighted by Gasteiger charge is 2.31. The standard InChI is InChI=1S/C28H37N5O/c1-4-33-26-10-6-5-9-24(26)29-27(33)20-30-14-12-23(13-15-30)28(34)32-18-16-31(17-19-32)25-11-7-8-21(2)22(25)3/h5-11,23H,4,12-20H2,1-3H3. The molecule has 0 radical (unpaired) electrons. The highest BCUT2D eigenvalue weighted by molar-refractivity contribution is 5.79. The number of fused-ring (bicyclic) bond motifs is 1. The van der Waals surface area contributed by atoms with Crippen LogP contribution in [0.15, 0.2) is 42.5 Å². The van der Waals surface area contributed by atoms with Crippen LogP contribution in [0.25, 0.3) is 11.0 Å². The molecule has 180 valence electrons. The molecule has 0 N–H and O–H groups in total. The zero-order valence-corrected chi connectivity index (χ0v) is 20.8. The van der Waals surface area contributed by atoms with E-state index in [-0.39, 0.29) is 5.92 Å². The smallest absolute Gasteiger partial charge is 0.225 e. The van der Waals surface area contributed by atoms with Gasteiger partial charge in [-0.25, -0.2) is 4.98 Å². The molecule has 0 saturated carbocycles. The number of para-hydroxylation sites is 2. The fourth-order valence-electron chi connectivity index (χ4n) is 5.64. The lowest BCUT2D eigenvalue weighted by Crippen LogP contribution is -2.51. The molecule has 0 unspecified atom stereocenters. The van der Waals surface area contributed by atoms with E-state index in [1.807, 2.05) is 0 Å². The van der Waals surface area contributed by atoms with Crippen molar-refractivity contribution in [1.82, 2.24) is 19.4 Å². The van der Waals surface area contributed by atoms with E-state index in [1.165, 1.54) is 22.3 Å². The summed E-state index contributed by atoms with van der Waals surface area (Å²) in [5, 5.41) is 0. The first-order valence-electron chi connectivity index (χ1n) is 12.8. The second kappa shape index (κ2) is 9.79. The number of hydrogen-bond donors (Lipinski definition) is 0. The van der Waals surface area contributed by atoms with Crippen molar-refractivity contribution in [3.8, 4) is 0 Å². The van der Waals surface area contributed by atoms with Gasteiger partial charge in [0.1, 0.15) is 5.82 Å². The van der Waals surface area contributed by atoms with Crippen LogP contribution in [0.5, 0.6) is 0 Å². The van der Waals surface area contributed by atoms with E-state index in [0.29, 0.717) is 5.91 Å². The van der Waals surface area contributed by atoms with E-state index in [4.69, 9.17) is 4.98 Å². The second-order valence-electron chi connectivity index (χ2n) is 9.84. The summed E-state index contributed by atoms with van der Waals surface area (Å²) in [4.78, 5) is 25.2. The van der Waals surface area contributed by atoms with Crippen molar-refractivity contribution >= 4 is 22.6 Å². The third-order valence-corrected chi connectivity index (χ3v) is 7.86. The molecule has 0 spiro atoms. The van der Waals surface area contributed by atoms with Crippen LogP contribution in [0.4, 0.5) is 5.69 Å². The van der Waals surface area contributed by atoms with E-state index in [1.54, 1.807) is 0 Å². The maximum atomic E-state index is 13.3. The summed E-state index contributed by atoms with van der Waals surface area (Å²) in [7, 11) is 0. The number of nitrogens with zero attached hydrogens (tertiary/aromatic N) is 5. The van der Waals surface area contributed by atoms with Crippen molar-refractivity contribution in [3.05, 3.63) is 59.4 Å². The third-order valence-electron chi connectivity index (χ3n) is 7.86. The zero-order chi connectivity index (χ0) is 23.7. The Bertz CT molecular complexity index is 1150. The molecule has 34 heavy (non-hydrogen) atoms. The number of benzene rings is 2. The van der Waals surface area contributed by atoms with Gasteiger partial charge in [-0.05, 0) is 76.0 Å². The molecule has 2 fully saturated rings. The lowest BCUT2D eigenvalue weighted by Gasteiger charge is -2.39. The van der Waals surface area contributed by atoms with E-state index in [0.717, 1.165) is 76.5 Å². The SMILES string of the molecule is CCn1c(CN2CCC(C(=O)N3CCN(c4cccc(C)c4C)CC3)CC2)nc2ccccc21. The maximum absolute atomic E-state index is 13.3. The van der Waals surface area contributed by atoms with Gasteiger partial charge in [-0.3, -0.25) is 9.69 Å². The predicted molar refractivity (Wildman–Crippen MR) is 138 cm³/mol. The molecule has 0 aliphatic carbocycles. The number of rotatable bonds is 5. The van der Waals surface area contributed by atoms with Crippen LogP contribution in [0.2, 0.25) is 0 Å². The largest absolute Gasteiger partial charge is 0.368 e. The number of carbonyl (C=O) groups excluding carboxylic acids is 1. The Balaban J connectivity index is 1.14. The number of aromatic nitrogens is 2. The number of carbonyl (C=O) groups is 1. The summed E-state index contributed by atoms with van der Waals surface area (Å²) in [6, 6.07) is 14.9. The summed E-state index contributed by atoms with van der Waals surface area (Å²) in [5.74, 6) is 1.66. The molecule has 5 rings (SSSR count). The van der Waals surface area contributed by atoms with Crippen LogP contribution >= 0.6 is 0 Å². The molecule has 2 aliphatic heterocycles. The Morgan fingerprint density at radius 2 is 1.68 bits per heavy atom. The molecule has 3 heterocycles. The molecule has 0 bridgehead atoms. The van der Waals surface area contributed by atoms with E-state index >= 15 is 0 Å². The normalized spacial score (nSPS) is 18.1. The molecule has 2 aromatic carbocycles. The number of piperazine rings is 1. The van der Waals surface area contributed by atoms with Gasteiger partial charge in [0.05, 0.1) is 17.6 Å². The first-order valence-corrected chi connectivity index (χ1v) is 12.8. The monoisotopic (exact) mass is 459 g/mol. The maximum Gasteiger partial charge on any atom is 0.225 e. The van der Waals surface area contributed by atoms with Crippen LogP contribution in [-0.4, -0.2) is 64.5 Å². The molecule has 3 aromatic rings. The molecule has 2 aliphatic rings. The number of likely N-dealkylation sites (tertiary alicyclic amines) is 1. The van der Waals surface area contributed by atoms with Crippen LogP contribution in [0.3, 0.4) is 0 Å². The molecule has 0 atom stereocenters. The van der Waals surface area contributed by atoms with Crippen LogP contribution < -0.4 is 4.90 Å². The number of aryl methyl sites for hydroxylation is 2. The van der Waals surface area contributed by atoms with Gasteiger partial charge in [0.2, 0.25) is 5.91 Å². The van der Waals surface area contributed by atoms with Crippen LogP contribution in [0.1, 0.15) is 36.7 Å². The van der Waals surface area contributed by atoms with Gasteiger partial charge in [0, 0.05) is 44.3 Å². The van der Waals surface area contributed by atoms with Gasteiger partial charge in [-0.1, -0.05) is 24.3 Å². The Morgan fingerprint density at radius 3 is 2.41 bits per heavy atom. The average molecular weight is 460 g/mol. The first-order chi connectivity index (χ1) is 16.5. The van der Waals surface area contributed by atoms with Crippen LogP contribution in [0, 0.1) is 19.8 Å². The molecule has 2 saturated heterocycles. The zero-order valence-electron chi connectivity index (χ0n) is 20.8. The summed E-state index contributed by atoms with van der Waals surface area (Å²) < 4.78 is 2.32. The van der Waals surface area contributed by atoms with Crippen molar-refractivity contribution in [2.24, 2.45) is 5.92 Å². The minimum atomic E-state index is 0.161. The molecule has 6 nitrogen and oxygen atoms in total. The number of amides is 1. The number of hydrogen-bond acceptors (Lipinski definition) is 4. The third kappa shape index (κ3) is 4.43. The Hall–Kier alpha value is -2.86. The van der Waals surface area contributed by atoms with E-state index in [2.05, 4.69) is 82.5 Å². The fraction of sp³-hybridized carbons (Fsp3) is 0.500. The Kier molecular flexibility index (Phi) is 6.59. The highest BCUT2D eigenvalue weighted by atomic mass is 16.2. The number of anilines is 1. The van der Waals surface area contributed by atoms with E-state index in [9.17, 15) is 4.79 Å². The van der Waals surface area contributed by atoms with Gasteiger partial charge in [0.25, 0.3) is 0 Å². The Labute approximate surface area is 203 Å². The molecule has 1 amide bonds. The van der Waals surface area contributed by atoms with Crippen molar-refractivity contribution in [1.29, 1.82) is 0 Å². The summed E-state index contributed by atoms with van der Waals surface area (Å²) in [6.07, 6.45) is 1.89. The lowest BCUT2D eigenvalue weighted by molar-refractivity contribution is -0.137. The van der Waals surface area contributed by atoms with Gasteiger partial charge >= 0.3 is 0 Å². The second-order valence-corrected chi connectivity index (χ2v) is 9.84. The van der Waals surface area contributed by atoms with Crippen molar-refractivity contribution in [2.45, 2.75) is 46.7 Å². The van der Waals surface area contributed by atoms with Crippen LogP contribution in [-0.2, 0) is 17.9 Å². The molecular weight excluding hydrogens is 422 g/mol. The summed E-state index contributed by atoms with van der Waals surface area (Å²) >= 11 is 0. The first kappa shape index (κ1) is 22.9. The topological polar surface area (TPSA) is 44.6 Å². The average Bonchev–Trinajstić information content (AvgIpc) is 3.23. The lowest BCUT2D eigenvalue weighted by atomic mass is 9.95. The minimum Gasteiger partial charge on any atom is -0.368 e. The van der Waals surface area contributed by atoms with Gasteiger partial charge in [-0.15, -0.1) is 0 Å². The molecule has 1 aromatic heterocycles. The highest BCUT2D eigenvalue weighted by Crippen LogP contribution is 2.26. The summed E-state index contributed by atoms with van der Waals surface area (Å²) in [6.45, 7) is 13.8. The minimum absolute atomic E-state index is 0.161.